The van der Waals surface area contributed by atoms with Gasteiger partial charge in [0.1, 0.15) is 12.2 Å². The maximum atomic E-state index is 7.06. The highest BCUT2D eigenvalue weighted by atomic mass is 16.6. The summed E-state index contributed by atoms with van der Waals surface area (Å²) >= 11 is 0. The van der Waals surface area contributed by atoms with Crippen molar-refractivity contribution in [3.05, 3.63) is 59.2 Å². The van der Waals surface area contributed by atoms with E-state index in [1.54, 1.807) is 7.11 Å². The molecule has 2 aromatic rings. The summed E-state index contributed by atoms with van der Waals surface area (Å²) in [6.45, 7) is 9.94. The van der Waals surface area contributed by atoms with E-state index >= 15 is 0 Å². The van der Waals surface area contributed by atoms with Crippen molar-refractivity contribution in [1.29, 1.82) is 0 Å². The molecule has 204 valence electrons. The Morgan fingerprint density at radius 2 is 1.87 bits per heavy atom. The first kappa shape index (κ1) is 24.9. The van der Waals surface area contributed by atoms with Gasteiger partial charge in [-0.2, -0.15) is 0 Å². The lowest BCUT2D eigenvalue weighted by Gasteiger charge is -2.65. The standard InChI is InChI=1S/C33H43NO4/c1-31(2,37-20-22-9-7-6-8-10-22)32(3)18-24-25-17-23-13-14-26(35-4)28-27(23)33(24,30(38-28)29(32)36-5)15-16-34(25)19-21-11-12-21/h6-10,13-14,21,24-25,29-30H,11-12,15-20H2,1-5H3. The Labute approximate surface area is 227 Å². The number of methoxy groups -OCH3 is 2. The maximum absolute atomic E-state index is 7.06. The number of nitrogens with zero attached hydrogens (tertiary/aromatic N) is 1. The lowest BCUT2D eigenvalue weighted by atomic mass is 9.45. The molecule has 2 heterocycles. The SMILES string of the molecule is COc1ccc2c3c1OC1C(OC)C(C)(C(C)(C)OCc4ccccc4)CC4C(C2)N(CC2CC2)CCC341. The predicted molar refractivity (Wildman–Crippen MR) is 148 cm³/mol. The average Bonchev–Trinajstić information content (AvgIpc) is 3.67. The molecule has 6 unspecified atom stereocenters. The molecule has 2 saturated carbocycles. The van der Waals surface area contributed by atoms with Gasteiger partial charge in [0.25, 0.3) is 0 Å². The van der Waals surface area contributed by atoms with Gasteiger partial charge in [0.2, 0.25) is 0 Å². The number of hydrogen-bond donors (Lipinski definition) is 0. The Balaban J connectivity index is 1.32. The fourth-order valence-electron chi connectivity index (χ4n) is 8.77. The van der Waals surface area contributed by atoms with E-state index in [9.17, 15) is 0 Å². The second-order valence-electron chi connectivity index (χ2n) is 13.3. The van der Waals surface area contributed by atoms with E-state index < -0.39 is 5.60 Å². The van der Waals surface area contributed by atoms with Crippen molar-refractivity contribution in [1.82, 2.24) is 4.90 Å². The Morgan fingerprint density at radius 3 is 2.58 bits per heavy atom. The van der Waals surface area contributed by atoms with E-state index in [1.807, 2.05) is 7.11 Å². The monoisotopic (exact) mass is 517 g/mol. The molecular weight excluding hydrogens is 474 g/mol. The molecule has 3 fully saturated rings. The molecule has 1 spiro atoms. The van der Waals surface area contributed by atoms with Crippen molar-refractivity contribution >= 4 is 0 Å². The van der Waals surface area contributed by atoms with Crippen LogP contribution in [-0.2, 0) is 27.9 Å². The molecule has 1 saturated heterocycles. The number of piperidine rings is 1. The molecular formula is C33H43NO4. The highest BCUT2D eigenvalue weighted by molar-refractivity contribution is 5.61. The minimum absolute atomic E-state index is 0.0299. The summed E-state index contributed by atoms with van der Waals surface area (Å²) in [5.74, 6) is 3.22. The van der Waals surface area contributed by atoms with Gasteiger partial charge in [0.15, 0.2) is 11.5 Å². The molecule has 7 rings (SSSR count). The van der Waals surface area contributed by atoms with Gasteiger partial charge in [0, 0.05) is 36.1 Å². The number of benzene rings is 2. The molecule has 0 aromatic heterocycles. The summed E-state index contributed by atoms with van der Waals surface area (Å²) < 4.78 is 26.3. The van der Waals surface area contributed by atoms with Crippen LogP contribution in [0.15, 0.2) is 42.5 Å². The molecule has 3 aliphatic carbocycles. The zero-order valence-corrected chi connectivity index (χ0v) is 23.7. The summed E-state index contributed by atoms with van der Waals surface area (Å²) in [5.41, 5.74) is 3.42. The lowest BCUT2D eigenvalue weighted by molar-refractivity contribution is -0.238. The van der Waals surface area contributed by atoms with Gasteiger partial charge in [-0.1, -0.05) is 43.3 Å². The normalized spacial score (nSPS) is 35.5. The smallest absolute Gasteiger partial charge is 0.165 e. The summed E-state index contributed by atoms with van der Waals surface area (Å²) in [6.07, 6.45) is 5.93. The first-order valence-electron chi connectivity index (χ1n) is 14.6. The Morgan fingerprint density at radius 1 is 1.08 bits per heavy atom. The van der Waals surface area contributed by atoms with Crippen molar-refractivity contribution in [2.24, 2.45) is 17.3 Å². The molecule has 5 nitrogen and oxygen atoms in total. The van der Waals surface area contributed by atoms with Gasteiger partial charge in [-0.25, -0.2) is 0 Å². The molecule has 5 heteroatoms. The van der Waals surface area contributed by atoms with Crippen LogP contribution < -0.4 is 9.47 Å². The van der Waals surface area contributed by atoms with E-state index in [4.69, 9.17) is 18.9 Å². The fraction of sp³-hybridized carbons (Fsp3) is 0.636. The van der Waals surface area contributed by atoms with Crippen molar-refractivity contribution in [3.8, 4) is 11.5 Å². The van der Waals surface area contributed by atoms with Gasteiger partial charge < -0.3 is 18.9 Å². The largest absolute Gasteiger partial charge is 0.493 e. The minimum atomic E-state index is -0.413. The molecule has 2 bridgehead atoms. The molecule has 0 radical (unpaired) electrons. The van der Waals surface area contributed by atoms with Crippen LogP contribution in [0.2, 0.25) is 0 Å². The van der Waals surface area contributed by atoms with E-state index in [1.165, 1.54) is 36.1 Å². The van der Waals surface area contributed by atoms with Crippen LogP contribution >= 0.6 is 0 Å². The third kappa shape index (κ3) is 3.40. The van der Waals surface area contributed by atoms with Crippen LogP contribution in [0.5, 0.6) is 11.5 Å². The summed E-state index contributed by atoms with van der Waals surface area (Å²) in [7, 11) is 3.64. The molecule has 0 N–H and O–H groups in total. The highest BCUT2D eigenvalue weighted by Gasteiger charge is 2.72. The van der Waals surface area contributed by atoms with Gasteiger partial charge in [-0.15, -0.1) is 0 Å². The minimum Gasteiger partial charge on any atom is -0.493 e. The van der Waals surface area contributed by atoms with Crippen LogP contribution in [0, 0.1) is 17.3 Å². The van der Waals surface area contributed by atoms with Crippen LogP contribution in [0.4, 0.5) is 0 Å². The van der Waals surface area contributed by atoms with Crippen molar-refractivity contribution in [2.75, 3.05) is 27.3 Å². The first-order chi connectivity index (χ1) is 18.3. The number of ether oxygens (including phenoxy) is 4. The molecule has 5 aliphatic rings. The molecule has 6 atom stereocenters. The van der Waals surface area contributed by atoms with Gasteiger partial charge in [-0.3, -0.25) is 4.90 Å². The van der Waals surface area contributed by atoms with E-state index in [-0.39, 0.29) is 23.0 Å². The third-order valence-corrected chi connectivity index (χ3v) is 11.3. The van der Waals surface area contributed by atoms with Gasteiger partial charge in [-0.05, 0) is 81.5 Å². The maximum Gasteiger partial charge on any atom is 0.165 e. The Bertz CT molecular complexity index is 1210. The van der Waals surface area contributed by atoms with E-state index in [0.717, 1.165) is 43.2 Å². The lowest BCUT2D eigenvalue weighted by Crippen LogP contribution is -2.73. The quantitative estimate of drug-likeness (QED) is 0.445. The highest BCUT2D eigenvalue weighted by Crippen LogP contribution is 2.68. The topological polar surface area (TPSA) is 40.2 Å². The molecule has 2 aliphatic heterocycles. The fourth-order valence-corrected chi connectivity index (χ4v) is 8.77. The van der Waals surface area contributed by atoms with E-state index in [0.29, 0.717) is 18.6 Å². The predicted octanol–water partition coefficient (Wildman–Crippen LogP) is 5.77. The number of hydrogen-bond acceptors (Lipinski definition) is 5. The zero-order chi connectivity index (χ0) is 26.3. The third-order valence-electron chi connectivity index (χ3n) is 11.3. The second-order valence-corrected chi connectivity index (χ2v) is 13.3. The van der Waals surface area contributed by atoms with Gasteiger partial charge in [0.05, 0.1) is 19.3 Å². The Hall–Kier alpha value is -2.08. The summed E-state index contributed by atoms with van der Waals surface area (Å²) in [4.78, 5) is 2.85. The summed E-state index contributed by atoms with van der Waals surface area (Å²) in [6, 6.07) is 15.5. The average molecular weight is 518 g/mol. The zero-order valence-electron chi connectivity index (χ0n) is 23.7. The molecule has 38 heavy (non-hydrogen) atoms. The second kappa shape index (κ2) is 8.71. The molecule has 0 amide bonds. The van der Waals surface area contributed by atoms with Crippen molar-refractivity contribution < 1.29 is 18.9 Å². The van der Waals surface area contributed by atoms with Crippen molar-refractivity contribution in [3.63, 3.8) is 0 Å². The van der Waals surface area contributed by atoms with Crippen LogP contribution in [0.1, 0.15) is 63.1 Å². The first-order valence-corrected chi connectivity index (χ1v) is 14.6. The van der Waals surface area contributed by atoms with Crippen molar-refractivity contribution in [2.45, 2.75) is 88.7 Å². The van der Waals surface area contributed by atoms with Crippen LogP contribution in [0.25, 0.3) is 0 Å². The van der Waals surface area contributed by atoms with E-state index in [2.05, 4.69) is 68.1 Å². The number of rotatable bonds is 8. The van der Waals surface area contributed by atoms with Gasteiger partial charge >= 0.3 is 0 Å². The Kier molecular flexibility index (Phi) is 5.71. The molecule has 2 aromatic carbocycles. The van der Waals surface area contributed by atoms with Crippen LogP contribution in [-0.4, -0.2) is 56.1 Å². The van der Waals surface area contributed by atoms with Crippen LogP contribution in [0.3, 0.4) is 0 Å². The summed E-state index contributed by atoms with van der Waals surface area (Å²) in [5, 5.41) is 0. The number of likely N-dealkylation sites (tertiary alicyclic amines) is 1.